The third-order valence-corrected chi connectivity index (χ3v) is 3.99. The summed E-state index contributed by atoms with van der Waals surface area (Å²) in [7, 11) is 0. The molecule has 0 aliphatic rings. The van der Waals surface area contributed by atoms with E-state index in [0.717, 1.165) is 13.0 Å². The zero-order chi connectivity index (χ0) is 15.1. The number of H-pyrrole nitrogens is 1. The summed E-state index contributed by atoms with van der Waals surface area (Å²) in [6, 6.07) is 5.18. The number of nitrogens with one attached hydrogen (secondary N) is 2. The van der Waals surface area contributed by atoms with Crippen molar-refractivity contribution in [2.75, 3.05) is 29.6 Å². The number of fused-ring (bicyclic) bond motifs is 1. The molecule has 0 aliphatic carbocycles. The average Bonchev–Trinajstić information content (AvgIpc) is 2.47. The number of anilines is 2. The molecular formula is C15H22N4OS. The molecule has 21 heavy (non-hydrogen) atoms. The summed E-state index contributed by atoms with van der Waals surface area (Å²) in [4.78, 5) is 19.1. The first-order chi connectivity index (χ1) is 10.2. The molecule has 6 heteroatoms. The van der Waals surface area contributed by atoms with Gasteiger partial charge in [0, 0.05) is 12.2 Å². The second kappa shape index (κ2) is 7.93. The molecule has 0 spiro atoms. The Hall–Kier alpha value is -1.69. The van der Waals surface area contributed by atoms with Gasteiger partial charge in [0.1, 0.15) is 0 Å². The highest BCUT2D eigenvalue weighted by Gasteiger charge is 2.03. The van der Waals surface area contributed by atoms with Crippen LogP contribution in [-0.2, 0) is 0 Å². The van der Waals surface area contributed by atoms with Crippen LogP contribution < -0.4 is 16.6 Å². The van der Waals surface area contributed by atoms with Crippen molar-refractivity contribution in [3.63, 3.8) is 0 Å². The Balaban J connectivity index is 1.88. The molecular weight excluding hydrogens is 284 g/mol. The Morgan fingerprint density at radius 3 is 2.90 bits per heavy atom. The van der Waals surface area contributed by atoms with Gasteiger partial charge in [0.05, 0.1) is 10.9 Å². The molecule has 1 aromatic heterocycles. The minimum absolute atomic E-state index is 0.158. The minimum Gasteiger partial charge on any atom is -0.399 e. The molecule has 2 aromatic rings. The van der Waals surface area contributed by atoms with Crippen LogP contribution in [0.4, 0.5) is 11.6 Å². The van der Waals surface area contributed by atoms with Gasteiger partial charge in [-0.05, 0) is 43.0 Å². The number of aromatic nitrogens is 2. The molecule has 0 unspecified atom stereocenters. The summed E-state index contributed by atoms with van der Waals surface area (Å²) in [6.07, 6.45) is 6.94. The molecule has 0 bridgehead atoms. The van der Waals surface area contributed by atoms with Crippen LogP contribution in [0.5, 0.6) is 0 Å². The molecule has 1 aromatic carbocycles. The van der Waals surface area contributed by atoms with Crippen LogP contribution in [0.1, 0.15) is 25.7 Å². The van der Waals surface area contributed by atoms with E-state index >= 15 is 0 Å². The molecule has 4 N–H and O–H groups in total. The molecule has 0 atom stereocenters. The van der Waals surface area contributed by atoms with E-state index < -0.39 is 0 Å². The number of aromatic amines is 1. The van der Waals surface area contributed by atoms with Gasteiger partial charge < -0.3 is 11.1 Å². The molecule has 0 aliphatic heterocycles. The number of thioether (sulfide) groups is 1. The number of nitrogen functional groups attached to an aromatic ring is 1. The van der Waals surface area contributed by atoms with Gasteiger partial charge in [-0.15, -0.1) is 0 Å². The number of rotatable bonds is 8. The van der Waals surface area contributed by atoms with E-state index in [1.165, 1.54) is 25.0 Å². The van der Waals surface area contributed by atoms with Gasteiger partial charge in [-0.3, -0.25) is 9.78 Å². The van der Waals surface area contributed by atoms with E-state index in [9.17, 15) is 4.79 Å². The number of nitrogens with two attached hydrogens (primary N) is 1. The summed E-state index contributed by atoms with van der Waals surface area (Å²) < 4.78 is 0. The van der Waals surface area contributed by atoms with Crippen LogP contribution in [0.15, 0.2) is 23.0 Å². The summed E-state index contributed by atoms with van der Waals surface area (Å²) >= 11 is 1.89. The zero-order valence-electron chi connectivity index (χ0n) is 12.3. The van der Waals surface area contributed by atoms with Crippen molar-refractivity contribution in [1.82, 2.24) is 9.97 Å². The lowest BCUT2D eigenvalue weighted by atomic mass is 10.2. The van der Waals surface area contributed by atoms with Crippen molar-refractivity contribution in [3.8, 4) is 0 Å². The number of nitrogens with zero attached hydrogens (tertiary/aromatic N) is 1. The molecule has 0 saturated carbocycles. The number of benzene rings is 1. The van der Waals surface area contributed by atoms with E-state index in [1.807, 2.05) is 11.8 Å². The fourth-order valence-corrected chi connectivity index (χ4v) is 2.66. The fraction of sp³-hybridized carbons (Fsp3) is 0.467. The lowest BCUT2D eigenvalue weighted by Gasteiger charge is -2.06. The predicted molar refractivity (Wildman–Crippen MR) is 92.1 cm³/mol. The van der Waals surface area contributed by atoms with Gasteiger partial charge in [-0.2, -0.15) is 11.8 Å². The number of unbranched alkanes of at least 4 members (excludes halogenated alkanes) is 3. The van der Waals surface area contributed by atoms with Crippen LogP contribution in [0.3, 0.4) is 0 Å². The van der Waals surface area contributed by atoms with Crippen molar-refractivity contribution in [2.24, 2.45) is 0 Å². The maximum atomic E-state index is 12.0. The van der Waals surface area contributed by atoms with Crippen LogP contribution in [0, 0.1) is 0 Å². The van der Waals surface area contributed by atoms with Gasteiger partial charge in [0.15, 0.2) is 0 Å². The molecule has 0 radical (unpaired) electrons. The van der Waals surface area contributed by atoms with Gasteiger partial charge in [-0.25, -0.2) is 4.98 Å². The Morgan fingerprint density at radius 2 is 2.10 bits per heavy atom. The second-order valence-corrected chi connectivity index (χ2v) is 6.01. The van der Waals surface area contributed by atoms with Crippen molar-refractivity contribution in [3.05, 3.63) is 28.6 Å². The van der Waals surface area contributed by atoms with Crippen molar-refractivity contribution in [2.45, 2.75) is 25.7 Å². The zero-order valence-corrected chi connectivity index (χ0v) is 13.1. The largest absolute Gasteiger partial charge is 0.399 e. The van der Waals surface area contributed by atoms with Gasteiger partial charge in [-0.1, -0.05) is 12.8 Å². The van der Waals surface area contributed by atoms with Crippen LogP contribution >= 0.6 is 11.8 Å². The van der Waals surface area contributed by atoms with Crippen LogP contribution in [-0.4, -0.2) is 28.5 Å². The third-order valence-electron chi connectivity index (χ3n) is 3.30. The van der Waals surface area contributed by atoms with Crippen molar-refractivity contribution >= 4 is 34.3 Å². The normalized spacial score (nSPS) is 10.9. The molecule has 0 fully saturated rings. The second-order valence-electron chi connectivity index (χ2n) is 5.02. The monoisotopic (exact) mass is 306 g/mol. The quantitative estimate of drug-likeness (QED) is 0.516. The molecule has 0 saturated heterocycles. The predicted octanol–water partition coefficient (Wildman–Crippen LogP) is 2.84. The van der Waals surface area contributed by atoms with Crippen LogP contribution in [0.25, 0.3) is 10.9 Å². The van der Waals surface area contributed by atoms with Gasteiger partial charge in [0.25, 0.3) is 5.56 Å². The van der Waals surface area contributed by atoms with Crippen molar-refractivity contribution in [1.29, 1.82) is 0 Å². The lowest BCUT2D eigenvalue weighted by molar-refractivity contribution is 0.687. The Bertz CT molecular complexity index is 641. The summed E-state index contributed by atoms with van der Waals surface area (Å²) in [5, 5.41) is 3.71. The Kier molecular flexibility index (Phi) is 5.92. The molecule has 2 rings (SSSR count). The maximum absolute atomic E-state index is 12.0. The first-order valence-corrected chi connectivity index (χ1v) is 8.62. The topological polar surface area (TPSA) is 83.8 Å². The standard InChI is InChI=1S/C15H22N4OS/c1-21-9-5-3-2-4-8-17-15-18-13-7-6-11(16)10-12(13)14(20)19-15/h6-7,10H,2-5,8-9,16H2,1H3,(H2,17,18,19,20). The van der Waals surface area contributed by atoms with E-state index in [4.69, 9.17) is 5.73 Å². The van der Waals surface area contributed by atoms with Crippen LogP contribution in [0.2, 0.25) is 0 Å². The molecule has 0 amide bonds. The maximum Gasteiger partial charge on any atom is 0.260 e. The smallest absolute Gasteiger partial charge is 0.260 e. The van der Waals surface area contributed by atoms with Gasteiger partial charge in [0.2, 0.25) is 5.95 Å². The first-order valence-electron chi connectivity index (χ1n) is 7.23. The number of hydrogen-bond acceptors (Lipinski definition) is 5. The molecule has 1 heterocycles. The SMILES string of the molecule is CSCCCCCCNc1nc2ccc(N)cc2c(=O)[nH]1. The highest BCUT2D eigenvalue weighted by atomic mass is 32.2. The Morgan fingerprint density at radius 1 is 1.29 bits per heavy atom. The fourth-order valence-electron chi connectivity index (χ4n) is 2.17. The third kappa shape index (κ3) is 4.67. The Labute approximate surface area is 128 Å². The highest BCUT2D eigenvalue weighted by Crippen LogP contribution is 2.13. The first kappa shape index (κ1) is 15.7. The molecule has 114 valence electrons. The van der Waals surface area contributed by atoms with E-state index in [-0.39, 0.29) is 5.56 Å². The summed E-state index contributed by atoms with van der Waals surface area (Å²) in [5.74, 6) is 1.76. The minimum atomic E-state index is -0.158. The highest BCUT2D eigenvalue weighted by molar-refractivity contribution is 7.98. The van der Waals surface area contributed by atoms with E-state index in [1.54, 1.807) is 18.2 Å². The average molecular weight is 306 g/mol. The van der Waals surface area contributed by atoms with Gasteiger partial charge >= 0.3 is 0 Å². The van der Waals surface area contributed by atoms with E-state index in [2.05, 4.69) is 21.5 Å². The lowest BCUT2D eigenvalue weighted by Crippen LogP contribution is -2.14. The van der Waals surface area contributed by atoms with Crippen molar-refractivity contribution < 1.29 is 0 Å². The summed E-state index contributed by atoms with van der Waals surface area (Å²) in [6.45, 7) is 0.822. The van der Waals surface area contributed by atoms with E-state index in [0.29, 0.717) is 22.5 Å². The number of hydrogen-bond donors (Lipinski definition) is 3. The summed E-state index contributed by atoms with van der Waals surface area (Å²) in [5.41, 5.74) is 6.76. The molecule has 5 nitrogen and oxygen atoms in total.